The number of nitrogens with one attached hydrogen (secondary N) is 1. The van der Waals surface area contributed by atoms with Gasteiger partial charge in [0.15, 0.2) is 0 Å². The van der Waals surface area contributed by atoms with Gasteiger partial charge in [-0.2, -0.15) is 5.10 Å². The highest BCUT2D eigenvalue weighted by atomic mass is 16.1. The van der Waals surface area contributed by atoms with E-state index in [0.29, 0.717) is 12.1 Å². The molecule has 158 valence electrons. The Labute approximate surface area is 190 Å². The van der Waals surface area contributed by atoms with Gasteiger partial charge in [-0.25, -0.2) is 9.67 Å². The number of H-pyrrole nitrogens is 1. The van der Waals surface area contributed by atoms with E-state index >= 15 is 0 Å². The van der Waals surface area contributed by atoms with Crippen molar-refractivity contribution in [3.8, 4) is 16.9 Å². The maximum absolute atomic E-state index is 12.8. The molecule has 0 saturated heterocycles. The van der Waals surface area contributed by atoms with Crippen molar-refractivity contribution in [2.24, 2.45) is 0 Å². The second kappa shape index (κ2) is 7.88. The summed E-state index contributed by atoms with van der Waals surface area (Å²) in [7, 11) is 0. The maximum atomic E-state index is 12.8. The molecule has 1 N–H and O–H groups in total. The lowest BCUT2D eigenvalue weighted by molar-refractivity contribution is 0.815. The summed E-state index contributed by atoms with van der Waals surface area (Å²) in [6.45, 7) is 0. The molecular formula is C28H20N4O. The lowest BCUT2D eigenvalue weighted by Gasteiger charge is -2.07. The molecule has 0 fully saturated rings. The van der Waals surface area contributed by atoms with Crippen LogP contribution in [-0.2, 0) is 6.42 Å². The second-order valence-corrected chi connectivity index (χ2v) is 8.04. The Morgan fingerprint density at radius 2 is 1.52 bits per heavy atom. The standard InChI is InChI=1S/C28H20N4O/c33-28-27(29-24-12-6-7-13-25(24)30-28)18-23-17-26(31-32(23)22-10-2-1-3-11-22)21-15-14-19-8-4-5-9-20(19)16-21/h1-17H,18H2,(H,30,33). The summed E-state index contributed by atoms with van der Waals surface area (Å²) in [6, 6.07) is 34.2. The minimum atomic E-state index is -0.179. The van der Waals surface area contributed by atoms with E-state index in [1.54, 1.807) is 0 Å². The fraction of sp³-hybridized carbons (Fsp3) is 0.0357. The highest BCUT2D eigenvalue weighted by Crippen LogP contribution is 2.26. The molecule has 5 heteroatoms. The minimum Gasteiger partial charge on any atom is -0.319 e. The Bertz CT molecular complexity index is 1660. The number of nitrogens with zero attached hydrogens (tertiary/aromatic N) is 3. The molecule has 2 aromatic heterocycles. The first-order chi connectivity index (χ1) is 16.2. The molecule has 0 atom stereocenters. The Morgan fingerprint density at radius 1 is 0.758 bits per heavy atom. The Kier molecular flexibility index (Phi) is 4.58. The summed E-state index contributed by atoms with van der Waals surface area (Å²) >= 11 is 0. The van der Waals surface area contributed by atoms with Crippen LogP contribution in [0.5, 0.6) is 0 Å². The van der Waals surface area contributed by atoms with Gasteiger partial charge in [0.05, 0.1) is 28.1 Å². The maximum Gasteiger partial charge on any atom is 0.270 e. The SMILES string of the molecule is O=c1[nH]c2ccccc2nc1Cc1cc(-c2ccc3ccccc3c2)nn1-c1ccccc1. The Balaban J connectivity index is 1.48. The monoisotopic (exact) mass is 428 g/mol. The number of aromatic nitrogens is 4. The van der Waals surface area contributed by atoms with Crippen LogP contribution >= 0.6 is 0 Å². The van der Waals surface area contributed by atoms with Gasteiger partial charge in [-0.1, -0.05) is 66.7 Å². The minimum absolute atomic E-state index is 0.179. The molecule has 0 bridgehead atoms. The number of rotatable bonds is 4. The normalized spacial score (nSPS) is 11.3. The van der Waals surface area contributed by atoms with Crippen LogP contribution < -0.4 is 5.56 Å². The topological polar surface area (TPSA) is 63.6 Å². The van der Waals surface area contributed by atoms with Gasteiger partial charge >= 0.3 is 0 Å². The third kappa shape index (κ3) is 3.59. The van der Waals surface area contributed by atoms with Gasteiger partial charge < -0.3 is 4.98 Å². The molecule has 5 nitrogen and oxygen atoms in total. The summed E-state index contributed by atoms with van der Waals surface area (Å²) in [5, 5.41) is 7.28. The van der Waals surface area contributed by atoms with Gasteiger partial charge in [0.2, 0.25) is 0 Å². The van der Waals surface area contributed by atoms with Crippen molar-refractivity contribution in [1.82, 2.24) is 19.7 Å². The Morgan fingerprint density at radius 3 is 2.39 bits per heavy atom. The van der Waals surface area contributed by atoms with Gasteiger partial charge in [-0.05, 0) is 47.2 Å². The zero-order chi connectivity index (χ0) is 22.2. The average Bonchev–Trinajstić information content (AvgIpc) is 3.28. The first kappa shape index (κ1) is 19.2. The highest BCUT2D eigenvalue weighted by Gasteiger charge is 2.15. The number of hydrogen-bond donors (Lipinski definition) is 1. The molecule has 2 heterocycles. The van der Waals surface area contributed by atoms with E-state index in [1.807, 2.05) is 77.5 Å². The van der Waals surface area contributed by atoms with Crippen molar-refractivity contribution in [2.75, 3.05) is 0 Å². The van der Waals surface area contributed by atoms with E-state index in [4.69, 9.17) is 5.10 Å². The zero-order valence-electron chi connectivity index (χ0n) is 17.8. The zero-order valence-corrected chi connectivity index (χ0v) is 17.8. The van der Waals surface area contributed by atoms with Gasteiger partial charge in [0.25, 0.3) is 5.56 Å². The van der Waals surface area contributed by atoms with Crippen molar-refractivity contribution in [2.45, 2.75) is 6.42 Å². The fourth-order valence-electron chi connectivity index (χ4n) is 4.19. The molecule has 4 aromatic carbocycles. The van der Waals surface area contributed by atoms with Crippen LogP contribution in [0.25, 0.3) is 38.8 Å². The van der Waals surface area contributed by atoms with Crippen LogP contribution in [0.2, 0.25) is 0 Å². The second-order valence-electron chi connectivity index (χ2n) is 8.04. The van der Waals surface area contributed by atoms with E-state index in [-0.39, 0.29) is 5.56 Å². The van der Waals surface area contributed by atoms with Gasteiger partial charge in [0, 0.05) is 12.0 Å². The number of benzene rings is 4. The van der Waals surface area contributed by atoms with Gasteiger partial charge in [-0.15, -0.1) is 0 Å². The molecular weight excluding hydrogens is 408 g/mol. The third-order valence-electron chi connectivity index (χ3n) is 5.85. The first-order valence-electron chi connectivity index (χ1n) is 10.9. The molecule has 0 aliphatic heterocycles. The Hall–Kier alpha value is -4.51. The van der Waals surface area contributed by atoms with Crippen LogP contribution in [-0.4, -0.2) is 19.7 Å². The number of aromatic amines is 1. The van der Waals surface area contributed by atoms with Crippen LogP contribution in [0, 0.1) is 0 Å². The summed E-state index contributed by atoms with van der Waals surface area (Å²) in [5.41, 5.74) is 5.53. The molecule has 0 spiro atoms. The summed E-state index contributed by atoms with van der Waals surface area (Å²) in [6.07, 6.45) is 0.371. The smallest absolute Gasteiger partial charge is 0.270 e. The van der Waals surface area contributed by atoms with E-state index in [9.17, 15) is 4.79 Å². The van der Waals surface area contributed by atoms with Crippen molar-refractivity contribution in [3.63, 3.8) is 0 Å². The van der Waals surface area contributed by atoms with Crippen LogP contribution in [0.3, 0.4) is 0 Å². The first-order valence-corrected chi connectivity index (χ1v) is 10.9. The molecule has 0 aliphatic carbocycles. The third-order valence-corrected chi connectivity index (χ3v) is 5.85. The van der Waals surface area contributed by atoms with E-state index in [0.717, 1.165) is 33.7 Å². The molecule has 33 heavy (non-hydrogen) atoms. The van der Waals surface area contributed by atoms with Crippen LogP contribution in [0.15, 0.2) is 108 Å². The van der Waals surface area contributed by atoms with Gasteiger partial charge in [-0.3, -0.25) is 4.79 Å². The molecule has 6 rings (SSSR count). The summed E-state index contributed by atoms with van der Waals surface area (Å²) in [5.74, 6) is 0. The van der Waals surface area contributed by atoms with E-state index < -0.39 is 0 Å². The van der Waals surface area contributed by atoms with E-state index in [1.165, 1.54) is 10.8 Å². The molecule has 0 amide bonds. The predicted octanol–water partition coefficient (Wildman–Crippen LogP) is 5.52. The molecule has 0 unspecified atom stereocenters. The van der Waals surface area contributed by atoms with Gasteiger partial charge in [0.1, 0.15) is 5.69 Å². The van der Waals surface area contributed by atoms with Crippen molar-refractivity contribution >= 4 is 21.8 Å². The lowest BCUT2D eigenvalue weighted by Crippen LogP contribution is -2.17. The van der Waals surface area contributed by atoms with Crippen LogP contribution in [0.1, 0.15) is 11.4 Å². The summed E-state index contributed by atoms with van der Waals surface area (Å²) < 4.78 is 1.90. The molecule has 0 aliphatic rings. The van der Waals surface area contributed by atoms with Crippen molar-refractivity contribution < 1.29 is 0 Å². The largest absolute Gasteiger partial charge is 0.319 e. The van der Waals surface area contributed by atoms with E-state index in [2.05, 4.69) is 40.3 Å². The molecule has 0 saturated carbocycles. The quantitative estimate of drug-likeness (QED) is 0.402. The number of hydrogen-bond acceptors (Lipinski definition) is 3. The molecule has 0 radical (unpaired) electrons. The lowest BCUT2D eigenvalue weighted by atomic mass is 10.0. The number of fused-ring (bicyclic) bond motifs is 2. The van der Waals surface area contributed by atoms with Crippen molar-refractivity contribution in [3.05, 3.63) is 125 Å². The average molecular weight is 428 g/mol. The fourth-order valence-corrected chi connectivity index (χ4v) is 4.19. The highest BCUT2D eigenvalue weighted by molar-refractivity contribution is 5.86. The van der Waals surface area contributed by atoms with Crippen LogP contribution in [0.4, 0.5) is 0 Å². The number of para-hydroxylation sites is 3. The summed E-state index contributed by atoms with van der Waals surface area (Å²) in [4.78, 5) is 20.4. The molecule has 6 aromatic rings. The predicted molar refractivity (Wildman–Crippen MR) is 132 cm³/mol. The van der Waals surface area contributed by atoms with Crippen molar-refractivity contribution in [1.29, 1.82) is 0 Å².